The third kappa shape index (κ3) is 4.37. The Hall–Kier alpha value is -2.64. The van der Waals surface area contributed by atoms with Gasteiger partial charge in [0.05, 0.1) is 19.7 Å². The van der Waals surface area contributed by atoms with Crippen molar-refractivity contribution >= 4 is 34.8 Å². The minimum atomic E-state index is -1.99. The maximum absolute atomic E-state index is 13.1. The van der Waals surface area contributed by atoms with Crippen LogP contribution in [0.2, 0.25) is 5.02 Å². The molecule has 6 nitrogen and oxygen atoms in total. The number of nitrogens with one attached hydrogen (secondary N) is 1. The molecule has 0 bridgehead atoms. The SMILES string of the molecule is CCOC(=O)C1(O)CN(c2ccc(Cl)cc2)C(CNc2ccc(F)cc2)=N1. The monoisotopic (exact) mass is 391 g/mol. The lowest BCUT2D eigenvalue weighted by atomic mass is 10.2. The van der Waals surface area contributed by atoms with Crippen molar-refractivity contribution in [1.29, 1.82) is 0 Å². The van der Waals surface area contributed by atoms with Gasteiger partial charge in [-0.2, -0.15) is 0 Å². The van der Waals surface area contributed by atoms with Gasteiger partial charge in [0.25, 0.3) is 5.72 Å². The summed E-state index contributed by atoms with van der Waals surface area (Å²) in [5.41, 5.74) is -0.587. The van der Waals surface area contributed by atoms with Crippen molar-refractivity contribution in [1.82, 2.24) is 0 Å². The summed E-state index contributed by atoms with van der Waals surface area (Å²) in [7, 11) is 0. The summed E-state index contributed by atoms with van der Waals surface area (Å²) in [6.07, 6.45) is 0. The average Bonchev–Trinajstić information content (AvgIpc) is 3.00. The van der Waals surface area contributed by atoms with Crippen molar-refractivity contribution in [3.05, 3.63) is 59.4 Å². The summed E-state index contributed by atoms with van der Waals surface area (Å²) in [6, 6.07) is 12.8. The molecule has 0 saturated heterocycles. The zero-order valence-corrected chi connectivity index (χ0v) is 15.4. The Morgan fingerprint density at radius 2 is 1.96 bits per heavy atom. The Morgan fingerprint density at radius 3 is 2.59 bits per heavy atom. The zero-order valence-electron chi connectivity index (χ0n) is 14.7. The number of carbonyl (C=O) groups excluding carboxylic acids is 1. The molecule has 1 atom stereocenters. The van der Waals surface area contributed by atoms with Crippen LogP contribution in [0.1, 0.15) is 6.92 Å². The number of nitrogens with zero attached hydrogens (tertiary/aromatic N) is 2. The largest absolute Gasteiger partial charge is 0.462 e. The zero-order chi connectivity index (χ0) is 19.4. The number of rotatable bonds is 6. The quantitative estimate of drug-likeness (QED) is 0.740. The number of ether oxygens (including phenoxy) is 1. The van der Waals surface area contributed by atoms with Crippen LogP contribution in [0.15, 0.2) is 53.5 Å². The number of benzene rings is 2. The normalized spacial score (nSPS) is 19.0. The summed E-state index contributed by atoms with van der Waals surface area (Å²) >= 11 is 5.94. The molecule has 1 aliphatic rings. The Kier molecular flexibility index (Phi) is 5.62. The highest BCUT2D eigenvalue weighted by molar-refractivity contribution is 6.30. The molecular formula is C19H19ClFN3O3. The molecule has 0 fully saturated rings. The van der Waals surface area contributed by atoms with Gasteiger partial charge >= 0.3 is 5.97 Å². The minimum absolute atomic E-state index is 0.0755. The smallest absolute Gasteiger partial charge is 0.363 e. The standard InChI is InChI=1S/C19H19ClFN3O3/c1-2-27-18(25)19(26)12-24(16-9-3-13(20)4-10-16)17(23-19)11-22-15-7-5-14(21)6-8-15/h3-10,22,26H,2,11-12H2,1H3. The number of hydrogen-bond donors (Lipinski definition) is 2. The van der Waals surface area contributed by atoms with Crippen LogP contribution in [-0.2, 0) is 9.53 Å². The third-order valence-corrected chi connectivity index (χ3v) is 4.29. The number of carbonyl (C=O) groups is 1. The maximum atomic E-state index is 13.1. The van der Waals surface area contributed by atoms with Crippen LogP contribution >= 0.6 is 11.6 Å². The first kappa shape index (κ1) is 19.1. The highest BCUT2D eigenvalue weighted by Crippen LogP contribution is 2.27. The van der Waals surface area contributed by atoms with E-state index in [2.05, 4.69) is 10.3 Å². The van der Waals surface area contributed by atoms with Crippen LogP contribution < -0.4 is 10.2 Å². The highest BCUT2D eigenvalue weighted by Gasteiger charge is 2.45. The van der Waals surface area contributed by atoms with Gasteiger partial charge in [-0.05, 0) is 55.5 Å². The number of aliphatic imine (C=N–C) groups is 1. The predicted octanol–water partition coefficient (Wildman–Crippen LogP) is 3.06. The molecule has 2 N–H and O–H groups in total. The summed E-state index contributed by atoms with van der Waals surface area (Å²) in [6.45, 7) is 1.94. The van der Waals surface area contributed by atoms with Gasteiger partial charge < -0.3 is 20.1 Å². The Labute approximate surface area is 161 Å². The fraction of sp³-hybridized carbons (Fsp3) is 0.263. The van der Waals surface area contributed by atoms with E-state index >= 15 is 0 Å². The topological polar surface area (TPSA) is 74.2 Å². The van der Waals surface area contributed by atoms with Crippen molar-refractivity contribution in [2.75, 3.05) is 29.9 Å². The van der Waals surface area contributed by atoms with Gasteiger partial charge in [-0.25, -0.2) is 14.2 Å². The van der Waals surface area contributed by atoms with Crippen LogP contribution in [0.4, 0.5) is 15.8 Å². The number of amidine groups is 1. The lowest BCUT2D eigenvalue weighted by Crippen LogP contribution is -2.44. The first-order valence-electron chi connectivity index (χ1n) is 8.42. The van der Waals surface area contributed by atoms with Gasteiger partial charge in [0.1, 0.15) is 11.7 Å². The van der Waals surface area contributed by atoms with E-state index in [4.69, 9.17) is 16.3 Å². The second-order valence-corrected chi connectivity index (χ2v) is 6.42. The molecule has 0 radical (unpaired) electrons. The van der Waals surface area contributed by atoms with E-state index in [1.165, 1.54) is 12.1 Å². The second-order valence-electron chi connectivity index (χ2n) is 5.99. The molecule has 8 heteroatoms. The van der Waals surface area contributed by atoms with Crippen molar-refractivity contribution in [3.8, 4) is 0 Å². The van der Waals surface area contributed by atoms with Gasteiger partial charge in [-0.3, -0.25) is 0 Å². The van der Waals surface area contributed by atoms with E-state index in [0.717, 1.165) is 5.69 Å². The van der Waals surface area contributed by atoms with Gasteiger partial charge in [0.15, 0.2) is 0 Å². The fourth-order valence-electron chi connectivity index (χ4n) is 2.72. The van der Waals surface area contributed by atoms with E-state index in [1.807, 2.05) is 0 Å². The van der Waals surface area contributed by atoms with Crippen LogP contribution in [0.3, 0.4) is 0 Å². The Balaban J connectivity index is 1.84. The molecule has 1 heterocycles. The summed E-state index contributed by atoms with van der Waals surface area (Å²) in [5.74, 6) is -0.698. The lowest BCUT2D eigenvalue weighted by Gasteiger charge is -2.23. The Morgan fingerprint density at radius 1 is 1.30 bits per heavy atom. The molecule has 3 rings (SSSR count). The first-order chi connectivity index (χ1) is 12.9. The summed E-state index contributed by atoms with van der Waals surface area (Å²) in [5, 5.41) is 14.4. The molecule has 1 aliphatic heterocycles. The second kappa shape index (κ2) is 7.94. The first-order valence-corrected chi connectivity index (χ1v) is 8.80. The third-order valence-electron chi connectivity index (χ3n) is 4.04. The molecule has 2 aromatic rings. The molecule has 0 saturated carbocycles. The van der Waals surface area contributed by atoms with Crippen LogP contribution in [0.25, 0.3) is 0 Å². The van der Waals surface area contributed by atoms with E-state index in [0.29, 0.717) is 16.5 Å². The van der Waals surface area contributed by atoms with E-state index in [-0.39, 0.29) is 25.5 Å². The molecule has 0 spiro atoms. The van der Waals surface area contributed by atoms with Crippen LogP contribution in [0, 0.1) is 5.82 Å². The van der Waals surface area contributed by atoms with E-state index in [1.54, 1.807) is 48.2 Å². The summed E-state index contributed by atoms with van der Waals surface area (Å²) < 4.78 is 18.0. The van der Waals surface area contributed by atoms with Crippen molar-refractivity contribution in [2.45, 2.75) is 12.6 Å². The van der Waals surface area contributed by atoms with Crippen molar-refractivity contribution in [2.24, 2.45) is 4.99 Å². The molecule has 0 amide bonds. The molecule has 27 heavy (non-hydrogen) atoms. The molecule has 1 unspecified atom stereocenters. The van der Waals surface area contributed by atoms with E-state index in [9.17, 15) is 14.3 Å². The van der Waals surface area contributed by atoms with Crippen LogP contribution in [-0.4, -0.2) is 42.3 Å². The predicted molar refractivity (Wildman–Crippen MR) is 103 cm³/mol. The maximum Gasteiger partial charge on any atom is 0.363 e. The number of aliphatic hydroxyl groups is 1. The van der Waals surface area contributed by atoms with Gasteiger partial charge in [0.2, 0.25) is 0 Å². The number of anilines is 2. The fourth-order valence-corrected chi connectivity index (χ4v) is 2.85. The Bertz CT molecular complexity index is 842. The van der Waals surface area contributed by atoms with Gasteiger partial charge in [0, 0.05) is 16.4 Å². The minimum Gasteiger partial charge on any atom is -0.462 e. The molecule has 142 valence electrons. The van der Waals surface area contributed by atoms with Crippen molar-refractivity contribution < 1.29 is 19.0 Å². The molecule has 2 aromatic carbocycles. The molecule has 0 aliphatic carbocycles. The summed E-state index contributed by atoms with van der Waals surface area (Å²) in [4.78, 5) is 18.1. The number of β-amino-alcohol motifs (C(OH)–C–C–N with tert-alkyl or cyclic N) is 1. The number of hydrogen-bond acceptors (Lipinski definition) is 6. The van der Waals surface area contributed by atoms with Gasteiger partial charge in [-0.1, -0.05) is 11.6 Å². The van der Waals surface area contributed by atoms with E-state index < -0.39 is 11.7 Å². The number of halogens is 2. The lowest BCUT2D eigenvalue weighted by molar-refractivity contribution is -0.162. The molecular weight excluding hydrogens is 373 g/mol. The molecule has 0 aromatic heterocycles. The highest BCUT2D eigenvalue weighted by atomic mass is 35.5. The van der Waals surface area contributed by atoms with Crippen LogP contribution in [0.5, 0.6) is 0 Å². The van der Waals surface area contributed by atoms with Gasteiger partial charge in [-0.15, -0.1) is 0 Å². The average molecular weight is 392 g/mol. The van der Waals surface area contributed by atoms with Crippen molar-refractivity contribution in [3.63, 3.8) is 0 Å². The number of esters is 1.